The van der Waals surface area contributed by atoms with Crippen LogP contribution in [-0.2, 0) is 0 Å². The number of hydrogen-bond donors (Lipinski definition) is 0. The van der Waals surface area contributed by atoms with E-state index in [1.807, 2.05) is 0 Å². The minimum absolute atomic E-state index is 0.131. The molecule has 0 amide bonds. The predicted molar refractivity (Wildman–Crippen MR) is 131 cm³/mol. The molecule has 1 aliphatic rings. The fourth-order valence-corrected chi connectivity index (χ4v) is 4.62. The van der Waals surface area contributed by atoms with Crippen LogP contribution in [0.25, 0.3) is 16.6 Å². The van der Waals surface area contributed by atoms with Crippen LogP contribution in [0.15, 0.2) is 35.3 Å². The predicted octanol–water partition coefficient (Wildman–Crippen LogP) is 4.59. The topological polar surface area (TPSA) is 69.5 Å². The van der Waals surface area contributed by atoms with Crippen molar-refractivity contribution in [2.24, 2.45) is 5.92 Å². The average molecular weight is 489 g/mol. The first-order chi connectivity index (χ1) is 16.5. The second-order valence-corrected chi connectivity index (χ2v) is 9.13. The van der Waals surface area contributed by atoms with E-state index in [-0.39, 0.29) is 17.3 Å². The molecule has 1 atom stereocenters. The van der Waals surface area contributed by atoms with Crippen LogP contribution in [0, 0.1) is 12.8 Å². The summed E-state index contributed by atoms with van der Waals surface area (Å²) in [6.45, 7) is 7.10. The summed E-state index contributed by atoms with van der Waals surface area (Å²) in [6.07, 6.45) is 4.94. The van der Waals surface area contributed by atoms with Crippen molar-refractivity contribution in [3.8, 4) is 17.2 Å². The Labute approximate surface area is 203 Å². The van der Waals surface area contributed by atoms with Gasteiger partial charge >= 0.3 is 0 Å². The van der Waals surface area contributed by atoms with Crippen LogP contribution < -0.4 is 15.0 Å². The second-order valence-electron chi connectivity index (χ2n) is 8.74. The maximum atomic E-state index is 13.3. The van der Waals surface area contributed by atoms with Gasteiger partial charge in [0, 0.05) is 19.2 Å². The summed E-state index contributed by atoms with van der Waals surface area (Å²) in [5, 5.41) is 0.549. The number of hydrogen-bond acceptors (Lipinski definition) is 6. The third-order valence-electron chi connectivity index (χ3n) is 6.02. The van der Waals surface area contributed by atoms with Gasteiger partial charge in [0.2, 0.25) is 0 Å². The summed E-state index contributed by atoms with van der Waals surface area (Å²) in [4.78, 5) is 24.2. The third kappa shape index (κ3) is 5.67. The van der Waals surface area contributed by atoms with E-state index < -0.39 is 6.67 Å². The zero-order chi connectivity index (χ0) is 24.1. The number of aryl methyl sites for hydroxylation is 1. The highest BCUT2D eigenvalue weighted by Gasteiger charge is 2.17. The zero-order valence-electron chi connectivity index (χ0n) is 19.6. The molecule has 0 bridgehead atoms. The number of piperidine rings is 1. The maximum Gasteiger partial charge on any atom is 0.266 e. The van der Waals surface area contributed by atoms with Gasteiger partial charge in [-0.25, -0.2) is 14.4 Å². The van der Waals surface area contributed by atoms with Gasteiger partial charge in [0.25, 0.3) is 5.56 Å². The van der Waals surface area contributed by atoms with Crippen LogP contribution >= 0.6 is 11.6 Å². The lowest BCUT2D eigenvalue weighted by Gasteiger charge is -2.30. The Balaban J connectivity index is 1.55. The van der Waals surface area contributed by atoms with Crippen LogP contribution in [-0.4, -0.2) is 59.0 Å². The molecule has 3 heterocycles. The maximum absolute atomic E-state index is 13.3. The van der Waals surface area contributed by atoms with Crippen molar-refractivity contribution in [1.82, 2.24) is 19.4 Å². The lowest BCUT2D eigenvalue weighted by atomic mass is 10.0. The molecule has 0 radical (unpaired) electrons. The van der Waals surface area contributed by atoms with E-state index in [0.717, 1.165) is 32.0 Å². The number of alkyl halides is 1. The van der Waals surface area contributed by atoms with Gasteiger partial charge in [-0.15, -0.1) is 0 Å². The molecule has 1 aromatic carbocycles. The number of halogens is 2. The Morgan fingerprint density at radius 3 is 2.88 bits per heavy atom. The van der Waals surface area contributed by atoms with E-state index in [9.17, 15) is 9.18 Å². The summed E-state index contributed by atoms with van der Waals surface area (Å²) < 4.78 is 26.0. The van der Waals surface area contributed by atoms with Crippen molar-refractivity contribution < 1.29 is 13.9 Å². The molecule has 0 unspecified atom stereocenters. The normalized spacial score (nSPS) is 16.6. The molecular weight excluding hydrogens is 459 g/mol. The quantitative estimate of drug-likeness (QED) is 0.324. The fourth-order valence-electron chi connectivity index (χ4n) is 4.46. The minimum atomic E-state index is -0.649. The highest BCUT2D eigenvalue weighted by molar-refractivity contribution is 6.30. The molecule has 1 fully saturated rings. The number of aromatic nitrogens is 3. The molecule has 0 spiro atoms. The van der Waals surface area contributed by atoms with Crippen LogP contribution in [0.1, 0.15) is 32.0 Å². The Bertz CT molecular complexity index is 1200. The average Bonchev–Trinajstić information content (AvgIpc) is 2.82. The van der Waals surface area contributed by atoms with E-state index in [0.29, 0.717) is 40.5 Å². The highest BCUT2D eigenvalue weighted by atomic mass is 35.5. The van der Waals surface area contributed by atoms with E-state index in [1.54, 1.807) is 25.1 Å². The Hall–Kier alpha value is -2.71. The van der Waals surface area contributed by atoms with Gasteiger partial charge in [-0.3, -0.25) is 9.36 Å². The molecule has 182 valence electrons. The van der Waals surface area contributed by atoms with E-state index in [2.05, 4.69) is 21.8 Å². The van der Waals surface area contributed by atoms with Crippen LogP contribution in [0.2, 0.25) is 5.15 Å². The van der Waals surface area contributed by atoms with Crippen molar-refractivity contribution in [3.05, 3.63) is 51.8 Å². The van der Waals surface area contributed by atoms with Crippen molar-refractivity contribution in [3.63, 3.8) is 0 Å². The van der Waals surface area contributed by atoms with E-state index in [1.165, 1.54) is 29.7 Å². The number of ether oxygens (including phenoxy) is 2. The first-order valence-electron chi connectivity index (χ1n) is 11.7. The number of pyridine rings is 1. The second kappa shape index (κ2) is 11.1. The highest BCUT2D eigenvalue weighted by Crippen LogP contribution is 2.29. The molecule has 7 nitrogen and oxygen atoms in total. The molecule has 2 aromatic heterocycles. The van der Waals surface area contributed by atoms with Gasteiger partial charge in [-0.05, 0) is 56.8 Å². The SMILES string of the molecule is Cc1nc2cnc(Cl)cc2c(=O)n1-c1ccc(OCCCN2CCC[C@H](C)C2)cc1OCCF. The van der Waals surface area contributed by atoms with Crippen molar-refractivity contribution >= 4 is 22.5 Å². The van der Waals surface area contributed by atoms with Crippen LogP contribution in [0.4, 0.5) is 4.39 Å². The zero-order valence-corrected chi connectivity index (χ0v) is 20.4. The standard InChI is InChI=1S/C25H30ClFN4O3/c1-17-5-3-9-30(16-17)10-4-11-33-19-6-7-22(23(13-19)34-12-8-27)31-18(2)29-21-15-28-24(26)14-20(21)25(31)32/h6-7,13-15,17H,3-5,8-12,16H2,1-2H3/t17-/m0/s1. The summed E-state index contributed by atoms with van der Waals surface area (Å²) in [7, 11) is 0. The Morgan fingerprint density at radius 1 is 1.24 bits per heavy atom. The molecule has 1 saturated heterocycles. The van der Waals surface area contributed by atoms with Crippen molar-refractivity contribution in [2.45, 2.75) is 33.1 Å². The first kappa shape index (κ1) is 24.4. The molecule has 0 N–H and O–H groups in total. The van der Waals surface area contributed by atoms with Gasteiger partial charge < -0.3 is 14.4 Å². The van der Waals surface area contributed by atoms with Crippen molar-refractivity contribution in [1.29, 1.82) is 0 Å². The van der Waals surface area contributed by atoms with Gasteiger partial charge in [0.15, 0.2) is 0 Å². The summed E-state index contributed by atoms with van der Waals surface area (Å²) >= 11 is 5.99. The van der Waals surface area contributed by atoms with Crippen LogP contribution in [0.5, 0.6) is 11.5 Å². The monoisotopic (exact) mass is 488 g/mol. The summed E-state index contributed by atoms with van der Waals surface area (Å²) in [6, 6.07) is 6.71. The molecule has 4 rings (SSSR count). The lowest BCUT2D eigenvalue weighted by molar-refractivity contribution is 0.170. The van der Waals surface area contributed by atoms with Gasteiger partial charge in [0.05, 0.1) is 29.4 Å². The number of benzene rings is 1. The molecule has 34 heavy (non-hydrogen) atoms. The Kier molecular flexibility index (Phi) is 8.00. The first-order valence-corrected chi connectivity index (χ1v) is 12.1. The van der Waals surface area contributed by atoms with Crippen LogP contribution in [0.3, 0.4) is 0 Å². The number of nitrogens with zero attached hydrogens (tertiary/aromatic N) is 4. The molecule has 9 heteroatoms. The summed E-state index contributed by atoms with van der Waals surface area (Å²) in [5.74, 6) is 2.17. The minimum Gasteiger partial charge on any atom is -0.493 e. The Morgan fingerprint density at radius 2 is 2.09 bits per heavy atom. The molecule has 1 aliphatic heterocycles. The molecule has 0 saturated carbocycles. The summed E-state index contributed by atoms with van der Waals surface area (Å²) in [5.41, 5.74) is 0.617. The molecule has 3 aromatic rings. The van der Waals surface area contributed by atoms with E-state index in [4.69, 9.17) is 21.1 Å². The molecular formula is C25H30ClFN4O3. The molecule has 0 aliphatic carbocycles. The van der Waals surface area contributed by atoms with Gasteiger partial charge in [0.1, 0.15) is 35.8 Å². The third-order valence-corrected chi connectivity index (χ3v) is 6.23. The number of rotatable bonds is 9. The van der Waals surface area contributed by atoms with Crippen molar-refractivity contribution in [2.75, 3.05) is 39.5 Å². The number of fused-ring (bicyclic) bond motifs is 1. The lowest BCUT2D eigenvalue weighted by Crippen LogP contribution is -2.35. The largest absolute Gasteiger partial charge is 0.493 e. The van der Waals surface area contributed by atoms with E-state index >= 15 is 0 Å². The van der Waals surface area contributed by atoms with Gasteiger partial charge in [-0.1, -0.05) is 18.5 Å². The smallest absolute Gasteiger partial charge is 0.266 e. The van der Waals surface area contributed by atoms with Gasteiger partial charge in [-0.2, -0.15) is 0 Å². The number of likely N-dealkylation sites (tertiary alicyclic amines) is 1. The fraction of sp³-hybridized carbons (Fsp3) is 0.480.